The highest BCUT2D eigenvalue weighted by atomic mass is 79.9. The Morgan fingerprint density at radius 2 is 1.88 bits per heavy atom. The molecule has 1 aromatic carbocycles. The average molecular weight is 477 g/mol. The first-order valence-corrected chi connectivity index (χ1v) is 8.96. The Kier molecular flexibility index (Phi) is 5.39. The number of carbonyl (C=O) groups excluding carboxylic acids is 1. The third-order valence-corrected chi connectivity index (χ3v) is 4.33. The van der Waals surface area contributed by atoms with Gasteiger partial charge >= 0.3 is 0 Å². The molecule has 0 saturated carbocycles. The molecule has 0 fully saturated rings. The van der Waals surface area contributed by atoms with Gasteiger partial charge in [-0.25, -0.2) is 15.0 Å². The van der Waals surface area contributed by atoms with E-state index in [2.05, 4.69) is 57.2 Å². The van der Waals surface area contributed by atoms with Crippen molar-refractivity contribution in [2.45, 2.75) is 13.0 Å². The Morgan fingerprint density at radius 3 is 2.58 bits per heavy atom. The fourth-order valence-electron chi connectivity index (χ4n) is 2.28. The van der Waals surface area contributed by atoms with Crippen LogP contribution in [0.4, 0.5) is 0 Å². The summed E-state index contributed by atoms with van der Waals surface area (Å²) in [7, 11) is 0. The molecule has 10 heteroatoms. The van der Waals surface area contributed by atoms with Gasteiger partial charge < -0.3 is 5.32 Å². The van der Waals surface area contributed by atoms with Crippen LogP contribution < -0.4 is 5.32 Å². The van der Waals surface area contributed by atoms with Crippen LogP contribution in [0.5, 0.6) is 0 Å². The van der Waals surface area contributed by atoms with Crippen LogP contribution in [0.3, 0.4) is 0 Å². The highest BCUT2D eigenvalue weighted by Crippen LogP contribution is 2.21. The van der Waals surface area contributed by atoms with E-state index < -0.39 is 6.04 Å². The first-order chi connectivity index (χ1) is 12.5. The maximum atomic E-state index is 12.5. The molecule has 0 spiro atoms. The zero-order chi connectivity index (χ0) is 18.7. The van der Waals surface area contributed by atoms with Crippen LogP contribution >= 0.6 is 31.9 Å². The van der Waals surface area contributed by atoms with Crippen LogP contribution in [0, 0.1) is 11.3 Å². The summed E-state index contributed by atoms with van der Waals surface area (Å²) in [6.07, 6.45) is 2.64. The van der Waals surface area contributed by atoms with E-state index >= 15 is 0 Å². The summed E-state index contributed by atoms with van der Waals surface area (Å²) in [4.78, 5) is 24.7. The summed E-state index contributed by atoms with van der Waals surface area (Å²) in [5, 5.41) is 16.0. The van der Waals surface area contributed by atoms with Crippen molar-refractivity contribution in [2.24, 2.45) is 0 Å². The molecule has 26 heavy (non-hydrogen) atoms. The van der Waals surface area contributed by atoms with Gasteiger partial charge in [0.2, 0.25) is 0 Å². The number of hydrogen-bond acceptors (Lipinski definition) is 6. The lowest BCUT2D eigenvalue weighted by Crippen LogP contribution is -2.29. The van der Waals surface area contributed by atoms with Gasteiger partial charge in [0, 0.05) is 20.6 Å². The zero-order valence-corrected chi connectivity index (χ0v) is 16.6. The van der Waals surface area contributed by atoms with Crippen LogP contribution in [0.2, 0.25) is 0 Å². The molecule has 8 nitrogen and oxygen atoms in total. The van der Waals surface area contributed by atoms with Crippen molar-refractivity contribution in [1.82, 2.24) is 30.0 Å². The van der Waals surface area contributed by atoms with E-state index in [1.54, 1.807) is 19.1 Å². The van der Waals surface area contributed by atoms with Crippen molar-refractivity contribution in [2.75, 3.05) is 0 Å². The van der Waals surface area contributed by atoms with Crippen LogP contribution in [0.25, 0.3) is 5.82 Å². The summed E-state index contributed by atoms with van der Waals surface area (Å²) < 4.78 is 3.04. The molecule has 1 atom stereocenters. The first kappa shape index (κ1) is 18.2. The predicted molar refractivity (Wildman–Crippen MR) is 99.4 cm³/mol. The van der Waals surface area contributed by atoms with E-state index in [1.165, 1.54) is 23.4 Å². The molecular weight excluding hydrogens is 466 g/mol. The summed E-state index contributed by atoms with van der Waals surface area (Å²) in [5.74, 6) is 0.625. The summed E-state index contributed by atoms with van der Waals surface area (Å²) in [6.45, 7) is 1.79. The van der Waals surface area contributed by atoms with Gasteiger partial charge in [0.15, 0.2) is 11.6 Å². The standard InChI is InChI=1S/C16H11Br2N7O/c1-9(24-16(26)10-2-11(17)4-12(18)3-10)15-22-8-23-25(15)14-5-13(6-19)20-7-21-14/h2-5,7-9H,1H3,(H,24,26)/t9-/m0/s1. The smallest absolute Gasteiger partial charge is 0.251 e. The Hall–Kier alpha value is -2.64. The summed E-state index contributed by atoms with van der Waals surface area (Å²) >= 11 is 6.73. The molecule has 130 valence electrons. The number of benzene rings is 1. The highest BCUT2D eigenvalue weighted by molar-refractivity contribution is 9.11. The molecule has 2 aromatic heterocycles. The Balaban J connectivity index is 1.85. The number of halogens is 2. The number of nitrogens with zero attached hydrogens (tertiary/aromatic N) is 6. The van der Waals surface area contributed by atoms with Gasteiger partial charge in [-0.3, -0.25) is 4.79 Å². The third-order valence-electron chi connectivity index (χ3n) is 3.42. The minimum Gasteiger partial charge on any atom is -0.342 e. The lowest BCUT2D eigenvalue weighted by Gasteiger charge is -2.14. The number of nitriles is 1. The van der Waals surface area contributed by atoms with E-state index in [0.29, 0.717) is 17.2 Å². The molecule has 3 aromatic rings. The molecule has 0 aliphatic rings. The van der Waals surface area contributed by atoms with Crippen molar-refractivity contribution < 1.29 is 4.79 Å². The number of hydrogen-bond donors (Lipinski definition) is 1. The van der Waals surface area contributed by atoms with Gasteiger partial charge in [0.1, 0.15) is 24.4 Å². The van der Waals surface area contributed by atoms with E-state index in [9.17, 15) is 4.79 Å². The zero-order valence-electron chi connectivity index (χ0n) is 13.4. The number of aromatic nitrogens is 5. The molecule has 0 aliphatic heterocycles. The van der Waals surface area contributed by atoms with Gasteiger partial charge in [-0.15, -0.1) is 0 Å². The predicted octanol–water partition coefficient (Wildman–Crippen LogP) is 2.94. The normalized spacial score (nSPS) is 11.6. The molecule has 1 amide bonds. The summed E-state index contributed by atoms with van der Waals surface area (Å²) in [6, 6.07) is 8.30. The fourth-order valence-corrected chi connectivity index (χ4v) is 3.57. The van der Waals surface area contributed by atoms with E-state index in [0.717, 1.165) is 8.95 Å². The molecule has 0 radical (unpaired) electrons. The molecule has 1 N–H and O–H groups in total. The van der Waals surface area contributed by atoms with Gasteiger partial charge in [-0.05, 0) is 25.1 Å². The second-order valence-electron chi connectivity index (χ2n) is 5.26. The van der Waals surface area contributed by atoms with Gasteiger partial charge in [0.25, 0.3) is 5.91 Å². The Labute approximate surface area is 165 Å². The van der Waals surface area contributed by atoms with Crippen LogP contribution in [-0.4, -0.2) is 30.6 Å². The highest BCUT2D eigenvalue weighted by Gasteiger charge is 2.19. The minimum atomic E-state index is -0.441. The Bertz CT molecular complexity index is 992. The maximum absolute atomic E-state index is 12.5. The minimum absolute atomic E-state index is 0.215. The lowest BCUT2D eigenvalue weighted by atomic mass is 10.2. The molecule has 0 saturated heterocycles. The third kappa shape index (κ3) is 3.95. The van der Waals surface area contributed by atoms with Crippen molar-refractivity contribution >= 4 is 37.8 Å². The molecular formula is C16H11Br2N7O. The maximum Gasteiger partial charge on any atom is 0.251 e. The van der Waals surface area contributed by atoms with Gasteiger partial charge in [-0.1, -0.05) is 31.9 Å². The van der Waals surface area contributed by atoms with Crippen molar-refractivity contribution in [3.8, 4) is 11.9 Å². The molecule has 2 heterocycles. The monoisotopic (exact) mass is 475 g/mol. The van der Waals surface area contributed by atoms with E-state index in [4.69, 9.17) is 5.26 Å². The number of carbonyl (C=O) groups is 1. The number of rotatable bonds is 4. The second-order valence-corrected chi connectivity index (χ2v) is 7.09. The SMILES string of the molecule is C[C@H](NC(=O)c1cc(Br)cc(Br)c1)c1ncnn1-c1cc(C#N)ncn1. The van der Waals surface area contributed by atoms with Gasteiger partial charge in [-0.2, -0.15) is 15.0 Å². The molecule has 0 bridgehead atoms. The van der Waals surface area contributed by atoms with Crippen LogP contribution in [0.15, 0.2) is 45.9 Å². The van der Waals surface area contributed by atoms with Crippen molar-refractivity contribution in [3.63, 3.8) is 0 Å². The van der Waals surface area contributed by atoms with Crippen molar-refractivity contribution in [1.29, 1.82) is 5.26 Å². The number of nitrogens with one attached hydrogen (secondary N) is 1. The van der Waals surface area contributed by atoms with Gasteiger partial charge in [0.05, 0.1) is 6.04 Å². The van der Waals surface area contributed by atoms with E-state index in [-0.39, 0.29) is 11.6 Å². The second kappa shape index (κ2) is 7.72. The molecule has 0 unspecified atom stereocenters. The topological polar surface area (TPSA) is 109 Å². The first-order valence-electron chi connectivity index (χ1n) is 7.37. The van der Waals surface area contributed by atoms with Crippen molar-refractivity contribution in [3.05, 3.63) is 62.9 Å². The average Bonchev–Trinajstić information content (AvgIpc) is 3.10. The lowest BCUT2D eigenvalue weighted by molar-refractivity contribution is 0.0937. The molecule has 0 aliphatic carbocycles. The Morgan fingerprint density at radius 1 is 1.15 bits per heavy atom. The summed E-state index contributed by atoms with van der Waals surface area (Å²) in [5.41, 5.74) is 0.713. The largest absolute Gasteiger partial charge is 0.342 e. The molecule has 3 rings (SSSR count). The van der Waals surface area contributed by atoms with Crippen LogP contribution in [0.1, 0.15) is 34.8 Å². The fraction of sp³-hybridized carbons (Fsp3) is 0.125. The number of amides is 1. The quantitative estimate of drug-likeness (QED) is 0.619. The van der Waals surface area contributed by atoms with E-state index in [1.807, 2.05) is 12.1 Å². The van der Waals surface area contributed by atoms with Crippen LogP contribution in [-0.2, 0) is 0 Å².